The van der Waals surface area contributed by atoms with Crippen LogP contribution in [0.4, 0.5) is 0 Å². The van der Waals surface area contributed by atoms with Gasteiger partial charge >= 0.3 is 0 Å². The van der Waals surface area contributed by atoms with Crippen molar-refractivity contribution < 1.29 is 4.74 Å². The largest absolute Gasteiger partial charge is 0.377 e. The molecule has 1 aromatic rings. The van der Waals surface area contributed by atoms with Gasteiger partial charge in [-0.25, -0.2) is 4.98 Å². The summed E-state index contributed by atoms with van der Waals surface area (Å²) in [4.78, 5) is 4.32. The Kier molecular flexibility index (Phi) is 3.88. The van der Waals surface area contributed by atoms with Crippen molar-refractivity contribution in [1.82, 2.24) is 10.3 Å². The van der Waals surface area contributed by atoms with Crippen molar-refractivity contribution in [2.45, 2.75) is 31.9 Å². The van der Waals surface area contributed by atoms with E-state index in [0.717, 1.165) is 36.7 Å². The highest BCUT2D eigenvalue weighted by molar-refractivity contribution is 7.09. The maximum atomic E-state index is 9.08. The Morgan fingerprint density at radius 3 is 3.25 bits per heavy atom. The van der Waals surface area contributed by atoms with Crippen molar-refractivity contribution in [1.29, 1.82) is 5.26 Å². The Morgan fingerprint density at radius 1 is 1.81 bits per heavy atom. The lowest BCUT2D eigenvalue weighted by atomic mass is 10.2. The van der Waals surface area contributed by atoms with Gasteiger partial charge in [-0.1, -0.05) is 0 Å². The zero-order chi connectivity index (χ0) is 11.4. The fourth-order valence-electron chi connectivity index (χ4n) is 1.75. The van der Waals surface area contributed by atoms with Gasteiger partial charge in [0.25, 0.3) is 0 Å². The molecule has 0 aromatic carbocycles. The summed E-state index contributed by atoms with van der Waals surface area (Å²) in [5.41, 5.74) is 0.971. The summed E-state index contributed by atoms with van der Waals surface area (Å²) in [7, 11) is 0. The van der Waals surface area contributed by atoms with Gasteiger partial charge in [-0.3, -0.25) is 5.32 Å². The molecule has 0 amide bonds. The maximum Gasteiger partial charge on any atom is 0.148 e. The maximum absolute atomic E-state index is 9.08. The van der Waals surface area contributed by atoms with Crippen LogP contribution in [0.1, 0.15) is 29.6 Å². The van der Waals surface area contributed by atoms with Crippen molar-refractivity contribution in [2.75, 3.05) is 13.2 Å². The molecular weight excluding hydrogens is 222 g/mol. The van der Waals surface area contributed by atoms with Gasteiger partial charge in [0.2, 0.25) is 0 Å². The molecule has 1 N–H and O–H groups in total. The van der Waals surface area contributed by atoms with E-state index in [0.29, 0.717) is 0 Å². The van der Waals surface area contributed by atoms with Gasteiger partial charge in [0.15, 0.2) is 0 Å². The Balaban J connectivity index is 1.88. The van der Waals surface area contributed by atoms with Crippen LogP contribution in [-0.4, -0.2) is 24.2 Å². The number of nitrogens with one attached hydrogen (secondary N) is 1. The summed E-state index contributed by atoms with van der Waals surface area (Å²) in [6.07, 6.45) is 2.47. The topological polar surface area (TPSA) is 57.9 Å². The molecule has 5 heteroatoms. The van der Waals surface area contributed by atoms with Crippen LogP contribution in [0.25, 0.3) is 0 Å². The number of rotatable bonds is 4. The van der Waals surface area contributed by atoms with Crippen LogP contribution in [0.15, 0.2) is 5.38 Å². The lowest BCUT2D eigenvalue weighted by molar-refractivity contribution is 0.109. The highest BCUT2D eigenvalue weighted by Gasteiger charge is 2.19. The average Bonchev–Trinajstić information content (AvgIpc) is 2.91. The van der Waals surface area contributed by atoms with Gasteiger partial charge in [-0.05, 0) is 19.8 Å². The van der Waals surface area contributed by atoms with E-state index < -0.39 is 0 Å². The first kappa shape index (κ1) is 11.5. The van der Waals surface area contributed by atoms with E-state index >= 15 is 0 Å². The van der Waals surface area contributed by atoms with Crippen LogP contribution < -0.4 is 5.32 Å². The van der Waals surface area contributed by atoms with Crippen LogP contribution in [0.3, 0.4) is 0 Å². The molecule has 0 saturated carbocycles. The van der Waals surface area contributed by atoms with E-state index in [2.05, 4.69) is 16.4 Å². The van der Waals surface area contributed by atoms with Crippen LogP contribution in [0, 0.1) is 18.3 Å². The number of thiazole rings is 1. The van der Waals surface area contributed by atoms with Gasteiger partial charge < -0.3 is 4.74 Å². The smallest absolute Gasteiger partial charge is 0.148 e. The molecular formula is C11H15N3OS. The molecule has 16 heavy (non-hydrogen) atoms. The number of nitrogens with zero attached hydrogens (tertiary/aromatic N) is 2. The first-order chi connectivity index (χ1) is 7.79. The number of aryl methyl sites for hydroxylation is 1. The van der Waals surface area contributed by atoms with Crippen LogP contribution >= 0.6 is 11.3 Å². The third kappa shape index (κ3) is 2.79. The third-order valence-corrected chi connectivity index (χ3v) is 3.61. The molecule has 1 aliphatic heterocycles. The molecule has 2 heterocycles. The van der Waals surface area contributed by atoms with E-state index in [1.54, 1.807) is 0 Å². The standard InChI is InChI=1S/C11H15N3OS/c1-8-7-16-11(14-8)10(5-12)13-6-9-3-2-4-15-9/h7,9-10,13H,2-4,6H2,1H3. The highest BCUT2D eigenvalue weighted by atomic mass is 32.1. The van der Waals surface area contributed by atoms with Crippen LogP contribution in [0.2, 0.25) is 0 Å². The predicted molar refractivity (Wildman–Crippen MR) is 62.2 cm³/mol. The first-order valence-corrected chi connectivity index (χ1v) is 6.34. The van der Waals surface area contributed by atoms with Gasteiger partial charge in [0.05, 0.1) is 12.2 Å². The Hall–Kier alpha value is -0.960. The molecule has 1 fully saturated rings. The lowest BCUT2D eigenvalue weighted by Crippen LogP contribution is -2.29. The van der Waals surface area contributed by atoms with Gasteiger partial charge in [-0.15, -0.1) is 11.3 Å². The quantitative estimate of drug-likeness (QED) is 0.867. The van der Waals surface area contributed by atoms with Crippen molar-refractivity contribution in [3.63, 3.8) is 0 Å². The first-order valence-electron chi connectivity index (χ1n) is 5.46. The van der Waals surface area contributed by atoms with E-state index in [9.17, 15) is 0 Å². The zero-order valence-electron chi connectivity index (χ0n) is 9.27. The fraction of sp³-hybridized carbons (Fsp3) is 0.636. The third-order valence-electron chi connectivity index (χ3n) is 2.59. The molecule has 0 bridgehead atoms. The van der Waals surface area contributed by atoms with Crippen molar-refractivity contribution in [2.24, 2.45) is 0 Å². The van der Waals surface area contributed by atoms with Gasteiger partial charge in [-0.2, -0.15) is 5.26 Å². The Morgan fingerprint density at radius 2 is 2.69 bits per heavy atom. The average molecular weight is 237 g/mol. The zero-order valence-corrected chi connectivity index (χ0v) is 10.1. The Labute approximate surface area is 99.3 Å². The number of hydrogen-bond acceptors (Lipinski definition) is 5. The minimum absolute atomic E-state index is 0.261. The van der Waals surface area contributed by atoms with Crippen molar-refractivity contribution >= 4 is 11.3 Å². The molecule has 2 unspecified atom stereocenters. The Bertz CT molecular complexity index is 379. The highest BCUT2D eigenvalue weighted by Crippen LogP contribution is 2.18. The number of aromatic nitrogens is 1. The summed E-state index contributed by atoms with van der Waals surface area (Å²) in [6.45, 7) is 3.52. The fourth-order valence-corrected chi connectivity index (χ4v) is 2.56. The molecule has 0 spiro atoms. The summed E-state index contributed by atoms with van der Waals surface area (Å²) >= 11 is 1.53. The molecule has 2 atom stereocenters. The van der Waals surface area contributed by atoms with Crippen molar-refractivity contribution in [3.8, 4) is 6.07 Å². The van der Waals surface area contributed by atoms with Gasteiger partial charge in [0, 0.05) is 24.2 Å². The number of hydrogen-bond donors (Lipinski definition) is 1. The van der Waals surface area contributed by atoms with E-state index in [1.807, 2.05) is 12.3 Å². The summed E-state index contributed by atoms with van der Waals surface area (Å²) in [5, 5.41) is 15.1. The molecule has 1 aliphatic rings. The second-order valence-electron chi connectivity index (χ2n) is 3.93. The summed E-state index contributed by atoms with van der Waals surface area (Å²) in [6, 6.07) is 1.93. The van der Waals surface area contributed by atoms with Crippen LogP contribution in [0.5, 0.6) is 0 Å². The second kappa shape index (κ2) is 5.39. The second-order valence-corrected chi connectivity index (χ2v) is 4.82. The molecule has 2 rings (SSSR count). The van der Waals surface area contributed by atoms with E-state index in [-0.39, 0.29) is 12.1 Å². The summed E-state index contributed by atoms with van der Waals surface area (Å²) < 4.78 is 5.50. The van der Waals surface area contributed by atoms with E-state index in [4.69, 9.17) is 10.00 Å². The minimum Gasteiger partial charge on any atom is -0.377 e. The van der Waals surface area contributed by atoms with Crippen molar-refractivity contribution in [3.05, 3.63) is 16.1 Å². The molecule has 0 aliphatic carbocycles. The molecule has 86 valence electrons. The number of nitriles is 1. The number of ether oxygens (including phenoxy) is 1. The van der Waals surface area contributed by atoms with E-state index in [1.165, 1.54) is 11.3 Å². The predicted octanol–water partition coefficient (Wildman–Crippen LogP) is 1.78. The minimum atomic E-state index is -0.303. The summed E-state index contributed by atoms with van der Waals surface area (Å²) in [5.74, 6) is 0. The molecule has 4 nitrogen and oxygen atoms in total. The van der Waals surface area contributed by atoms with Crippen LogP contribution in [-0.2, 0) is 4.74 Å². The van der Waals surface area contributed by atoms with Gasteiger partial charge in [0.1, 0.15) is 11.0 Å². The molecule has 1 saturated heterocycles. The molecule has 0 radical (unpaired) electrons. The molecule has 1 aromatic heterocycles. The normalized spacial score (nSPS) is 21.9. The monoisotopic (exact) mass is 237 g/mol. The lowest BCUT2D eigenvalue weighted by Gasteiger charge is -2.13. The SMILES string of the molecule is Cc1csc(C(C#N)NCC2CCCO2)n1.